The lowest BCUT2D eigenvalue weighted by Gasteiger charge is -2.25. The second-order valence-electron chi connectivity index (χ2n) is 6.49. The highest BCUT2D eigenvalue weighted by atomic mass is 32.2. The van der Waals surface area contributed by atoms with Gasteiger partial charge in [-0.25, -0.2) is 12.8 Å². The number of hydrogen-bond donors (Lipinski definition) is 1. The van der Waals surface area contributed by atoms with E-state index in [9.17, 15) is 17.6 Å². The summed E-state index contributed by atoms with van der Waals surface area (Å²) in [5.74, 6) is -0.397. The number of benzene rings is 2. The zero-order valence-electron chi connectivity index (χ0n) is 16.5. The summed E-state index contributed by atoms with van der Waals surface area (Å²) in [6, 6.07) is 9.27. The fraction of sp³-hybridized carbons (Fsp3) is 0.350. The van der Waals surface area contributed by atoms with Crippen LogP contribution >= 0.6 is 0 Å². The minimum Gasteiger partial charge on any atom is -0.486 e. The van der Waals surface area contributed by atoms with E-state index in [1.807, 2.05) is 0 Å². The van der Waals surface area contributed by atoms with Crippen LogP contribution in [0.3, 0.4) is 0 Å². The van der Waals surface area contributed by atoms with Crippen molar-refractivity contribution in [2.45, 2.75) is 11.3 Å². The molecule has 0 aliphatic carbocycles. The topological polar surface area (TPSA) is 94.2 Å². The number of fused-ring (bicyclic) bond motifs is 1. The average Bonchev–Trinajstić information content (AvgIpc) is 2.74. The molecule has 2 aromatic rings. The second kappa shape index (κ2) is 9.77. The number of sulfonamides is 1. The van der Waals surface area contributed by atoms with Crippen molar-refractivity contribution in [2.24, 2.45) is 0 Å². The lowest BCUT2D eigenvalue weighted by atomic mass is 10.3. The van der Waals surface area contributed by atoms with E-state index in [-0.39, 0.29) is 10.6 Å². The van der Waals surface area contributed by atoms with Gasteiger partial charge >= 0.3 is 0 Å². The highest BCUT2D eigenvalue weighted by Crippen LogP contribution is 2.34. The molecule has 0 radical (unpaired) electrons. The van der Waals surface area contributed by atoms with Gasteiger partial charge in [0.05, 0.1) is 10.6 Å². The molecule has 1 aliphatic rings. The van der Waals surface area contributed by atoms with Gasteiger partial charge in [0.25, 0.3) is 10.0 Å². The lowest BCUT2D eigenvalue weighted by Crippen LogP contribution is -2.41. The Balaban J connectivity index is 1.89. The summed E-state index contributed by atoms with van der Waals surface area (Å²) in [6.07, 6.45) is 0.580. The van der Waals surface area contributed by atoms with E-state index in [1.165, 1.54) is 36.4 Å². The Morgan fingerprint density at radius 1 is 1.17 bits per heavy atom. The highest BCUT2D eigenvalue weighted by Gasteiger charge is 2.29. The van der Waals surface area contributed by atoms with Gasteiger partial charge in [0.1, 0.15) is 25.6 Å². The summed E-state index contributed by atoms with van der Waals surface area (Å²) >= 11 is 0. The van der Waals surface area contributed by atoms with Crippen LogP contribution in [0.1, 0.15) is 6.42 Å². The van der Waals surface area contributed by atoms with Crippen LogP contribution in [-0.2, 0) is 19.6 Å². The first-order valence-corrected chi connectivity index (χ1v) is 10.8. The molecular formula is C20H23FN2O6S. The normalized spacial score (nSPS) is 13.0. The Kier molecular flexibility index (Phi) is 7.11. The van der Waals surface area contributed by atoms with Crippen molar-refractivity contribution < 1.29 is 31.8 Å². The van der Waals surface area contributed by atoms with Gasteiger partial charge in [-0.05, 0) is 36.8 Å². The van der Waals surface area contributed by atoms with Crippen molar-refractivity contribution in [1.29, 1.82) is 0 Å². The largest absolute Gasteiger partial charge is 0.486 e. The smallest absolute Gasteiger partial charge is 0.264 e. The first-order valence-electron chi connectivity index (χ1n) is 9.35. The van der Waals surface area contributed by atoms with E-state index in [0.717, 1.165) is 10.4 Å². The molecule has 10 heteroatoms. The fourth-order valence-electron chi connectivity index (χ4n) is 2.89. The van der Waals surface area contributed by atoms with Crippen molar-refractivity contribution in [2.75, 3.05) is 44.3 Å². The van der Waals surface area contributed by atoms with Gasteiger partial charge in [-0.3, -0.25) is 9.10 Å². The summed E-state index contributed by atoms with van der Waals surface area (Å²) in [4.78, 5) is 12.3. The SMILES string of the molecule is COCCCNC(=O)CN(c1cccc(F)c1)S(=O)(=O)c1ccc2c(c1)OCCO2. The van der Waals surface area contributed by atoms with Crippen molar-refractivity contribution in [1.82, 2.24) is 5.32 Å². The van der Waals surface area contributed by atoms with Crippen LogP contribution in [0.15, 0.2) is 47.4 Å². The van der Waals surface area contributed by atoms with Crippen LogP contribution in [-0.4, -0.2) is 54.3 Å². The Morgan fingerprint density at radius 2 is 1.93 bits per heavy atom. The Morgan fingerprint density at radius 3 is 2.67 bits per heavy atom. The second-order valence-corrected chi connectivity index (χ2v) is 8.36. The molecule has 8 nitrogen and oxygen atoms in total. The van der Waals surface area contributed by atoms with Crippen molar-refractivity contribution in [3.63, 3.8) is 0 Å². The molecule has 0 saturated carbocycles. The summed E-state index contributed by atoms with van der Waals surface area (Å²) in [5, 5.41) is 2.64. The third-order valence-corrected chi connectivity index (χ3v) is 6.10. The number of nitrogens with one attached hydrogen (secondary N) is 1. The van der Waals surface area contributed by atoms with E-state index in [2.05, 4.69) is 5.32 Å². The van der Waals surface area contributed by atoms with Crippen LogP contribution in [0.2, 0.25) is 0 Å². The molecular weight excluding hydrogens is 415 g/mol. The molecule has 0 bridgehead atoms. The third-order valence-electron chi connectivity index (χ3n) is 4.33. The zero-order valence-corrected chi connectivity index (χ0v) is 17.3. The molecule has 0 unspecified atom stereocenters. The maximum Gasteiger partial charge on any atom is 0.264 e. The molecule has 1 aliphatic heterocycles. The van der Waals surface area contributed by atoms with E-state index >= 15 is 0 Å². The molecule has 162 valence electrons. The van der Waals surface area contributed by atoms with Crippen LogP contribution in [0, 0.1) is 5.82 Å². The summed E-state index contributed by atoms with van der Waals surface area (Å²) < 4.78 is 57.2. The van der Waals surface area contributed by atoms with E-state index in [1.54, 1.807) is 7.11 Å². The summed E-state index contributed by atoms with van der Waals surface area (Å²) in [5.41, 5.74) is 0.0388. The molecule has 1 heterocycles. The monoisotopic (exact) mass is 438 g/mol. The molecule has 0 aromatic heterocycles. The number of hydrogen-bond acceptors (Lipinski definition) is 6. The van der Waals surface area contributed by atoms with Crippen molar-refractivity contribution in [3.05, 3.63) is 48.3 Å². The standard InChI is InChI=1S/C20H23FN2O6S/c1-27-9-3-8-22-20(24)14-23(16-5-2-4-15(21)12-16)30(25,26)17-6-7-18-19(13-17)29-11-10-28-18/h2,4-7,12-13H,3,8-11,14H2,1H3,(H,22,24). The highest BCUT2D eigenvalue weighted by molar-refractivity contribution is 7.92. The van der Waals surface area contributed by atoms with Crippen molar-refractivity contribution >= 4 is 21.6 Å². The summed E-state index contributed by atoms with van der Waals surface area (Å²) in [6.45, 7) is 0.954. The molecule has 1 N–H and O–H groups in total. The van der Waals surface area contributed by atoms with Gasteiger partial charge in [-0.2, -0.15) is 0 Å². The lowest BCUT2D eigenvalue weighted by molar-refractivity contribution is -0.119. The fourth-order valence-corrected chi connectivity index (χ4v) is 4.32. The van der Waals surface area contributed by atoms with E-state index in [0.29, 0.717) is 44.3 Å². The number of carbonyl (C=O) groups excluding carboxylic acids is 1. The third kappa shape index (κ3) is 5.19. The molecule has 2 aromatic carbocycles. The van der Waals surface area contributed by atoms with Gasteiger partial charge < -0.3 is 19.5 Å². The van der Waals surface area contributed by atoms with Gasteiger partial charge in [0, 0.05) is 26.3 Å². The van der Waals surface area contributed by atoms with Gasteiger partial charge in [-0.15, -0.1) is 0 Å². The van der Waals surface area contributed by atoms with Crippen LogP contribution < -0.4 is 19.1 Å². The molecule has 30 heavy (non-hydrogen) atoms. The number of methoxy groups -OCH3 is 1. The average molecular weight is 438 g/mol. The first kappa shape index (κ1) is 21.8. The maximum atomic E-state index is 13.8. The Hall–Kier alpha value is -2.85. The number of ether oxygens (including phenoxy) is 3. The molecule has 0 atom stereocenters. The van der Waals surface area contributed by atoms with Crippen molar-refractivity contribution in [3.8, 4) is 11.5 Å². The van der Waals surface area contributed by atoms with Crippen LogP contribution in [0.5, 0.6) is 11.5 Å². The van der Waals surface area contributed by atoms with Gasteiger partial charge in [0.2, 0.25) is 5.91 Å². The van der Waals surface area contributed by atoms with Crippen LogP contribution in [0.25, 0.3) is 0 Å². The minimum absolute atomic E-state index is 0.0388. The number of anilines is 1. The predicted octanol–water partition coefficient (Wildman–Crippen LogP) is 1.94. The number of nitrogens with zero attached hydrogens (tertiary/aromatic N) is 1. The first-order chi connectivity index (χ1) is 14.4. The molecule has 1 amide bonds. The number of carbonyl (C=O) groups is 1. The van der Waals surface area contributed by atoms with Gasteiger partial charge in [0.15, 0.2) is 11.5 Å². The summed E-state index contributed by atoms with van der Waals surface area (Å²) in [7, 11) is -2.64. The Bertz CT molecular complexity index is 999. The number of amides is 1. The minimum atomic E-state index is -4.19. The Labute approximate surface area is 174 Å². The molecule has 0 saturated heterocycles. The predicted molar refractivity (Wildman–Crippen MR) is 108 cm³/mol. The quantitative estimate of drug-likeness (QED) is 0.602. The van der Waals surface area contributed by atoms with E-state index < -0.39 is 28.3 Å². The molecule has 3 rings (SSSR count). The molecule has 0 spiro atoms. The van der Waals surface area contributed by atoms with Gasteiger partial charge in [-0.1, -0.05) is 6.07 Å². The van der Waals surface area contributed by atoms with E-state index in [4.69, 9.17) is 14.2 Å². The number of halogens is 1. The maximum absolute atomic E-state index is 13.8. The molecule has 0 fully saturated rings. The van der Waals surface area contributed by atoms with Crippen LogP contribution in [0.4, 0.5) is 10.1 Å². The number of rotatable bonds is 9. The zero-order chi connectivity index (χ0) is 21.6.